The van der Waals surface area contributed by atoms with Crippen molar-refractivity contribution >= 4 is 21.8 Å². The first-order valence-electron chi connectivity index (χ1n) is 10.5. The molecule has 0 aliphatic heterocycles. The molecule has 0 spiro atoms. The molecule has 1 heterocycles. The lowest BCUT2D eigenvalue weighted by atomic mass is 9.95. The first-order valence-corrected chi connectivity index (χ1v) is 10.5. The summed E-state index contributed by atoms with van der Waals surface area (Å²) in [5.74, 6) is 0. The zero-order chi connectivity index (χ0) is 20.6. The van der Waals surface area contributed by atoms with E-state index in [1.54, 1.807) is 0 Å². The van der Waals surface area contributed by atoms with Gasteiger partial charge in [-0.3, -0.25) is 0 Å². The quantitative estimate of drug-likeness (QED) is 0.312. The van der Waals surface area contributed by atoms with Crippen LogP contribution in [0.25, 0.3) is 55.2 Å². The van der Waals surface area contributed by atoms with Gasteiger partial charge in [0.15, 0.2) is 0 Å². The summed E-state index contributed by atoms with van der Waals surface area (Å²) in [6.07, 6.45) is 0. The van der Waals surface area contributed by atoms with E-state index < -0.39 is 0 Å². The molecule has 0 bridgehead atoms. The van der Waals surface area contributed by atoms with E-state index in [4.69, 9.17) is 0 Å². The van der Waals surface area contributed by atoms with Crippen LogP contribution >= 0.6 is 0 Å². The topological polar surface area (TPSA) is 15.8 Å². The van der Waals surface area contributed by atoms with E-state index in [-0.39, 0.29) is 0 Å². The fourth-order valence-electron chi connectivity index (χ4n) is 4.40. The minimum absolute atomic E-state index is 1.16. The lowest BCUT2D eigenvalue weighted by Gasteiger charge is -2.09. The van der Waals surface area contributed by atoms with Crippen molar-refractivity contribution in [1.29, 1.82) is 0 Å². The van der Waals surface area contributed by atoms with Crippen molar-refractivity contribution in [3.63, 3.8) is 0 Å². The van der Waals surface area contributed by atoms with Crippen LogP contribution < -0.4 is 0 Å². The number of aromatic nitrogens is 1. The minimum atomic E-state index is 1.16. The Labute approximate surface area is 181 Å². The van der Waals surface area contributed by atoms with Crippen LogP contribution in [0.1, 0.15) is 0 Å². The van der Waals surface area contributed by atoms with E-state index >= 15 is 0 Å². The molecule has 31 heavy (non-hydrogen) atoms. The van der Waals surface area contributed by atoms with Crippen molar-refractivity contribution in [3.05, 3.63) is 121 Å². The molecule has 0 aliphatic rings. The van der Waals surface area contributed by atoms with Crippen molar-refractivity contribution in [2.45, 2.75) is 0 Å². The highest BCUT2D eigenvalue weighted by molar-refractivity contribution is 6.14. The summed E-state index contributed by atoms with van der Waals surface area (Å²) < 4.78 is 0. The molecule has 0 amide bonds. The maximum atomic E-state index is 3.69. The minimum Gasteiger partial charge on any atom is -0.354 e. The average molecular weight is 394 g/mol. The summed E-state index contributed by atoms with van der Waals surface area (Å²) in [6.45, 7) is 0. The third-order valence-corrected chi connectivity index (χ3v) is 5.95. The molecule has 0 unspecified atom stereocenters. The Morgan fingerprint density at radius 3 is 1.84 bits per heavy atom. The third-order valence-electron chi connectivity index (χ3n) is 5.95. The predicted octanol–water partition coefficient (Wildman–Crippen LogP) is 8.12. The molecule has 0 atom stereocenters. The van der Waals surface area contributed by atoms with Gasteiger partial charge in [0.2, 0.25) is 0 Å². The molecule has 5 aromatic carbocycles. The Bertz CT molecular complexity index is 1490. The van der Waals surface area contributed by atoms with Crippen LogP contribution in [-0.4, -0.2) is 4.98 Å². The molecule has 1 N–H and O–H groups in total. The van der Waals surface area contributed by atoms with Gasteiger partial charge in [-0.15, -0.1) is 0 Å². The molecular formula is C30H20N. The molecule has 0 saturated carbocycles. The number of hydrogen-bond acceptors (Lipinski definition) is 0. The standard InChI is InChI=1S/C30H20N/c1-4-10-21(11-5-1)24-16-17-29-27(18-24)28-20-25(22-12-6-2-7-13-22)19-26(30(28)31-29)23-14-8-3-9-15-23/h1-2,4-20,31H. The van der Waals surface area contributed by atoms with Gasteiger partial charge in [0.25, 0.3) is 0 Å². The van der Waals surface area contributed by atoms with Crippen molar-refractivity contribution in [2.24, 2.45) is 0 Å². The van der Waals surface area contributed by atoms with Gasteiger partial charge < -0.3 is 4.98 Å². The van der Waals surface area contributed by atoms with Crippen molar-refractivity contribution < 1.29 is 0 Å². The largest absolute Gasteiger partial charge is 0.354 e. The maximum Gasteiger partial charge on any atom is 0.0544 e. The van der Waals surface area contributed by atoms with Crippen LogP contribution in [0.2, 0.25) is 0 Å². The smallest absolute Gasteiger partial charge is 0.0544 e. The van der Waals surface area contributed by atoms with Crippen LogP contribution in [0.5, 0.6) is 0 Å². The van der Waals surface area contributed by atoms with Crippen LogP contribution in [-0.2, 0) is 0 Å². The Hall–Kier alpha value is -4.10. The molecule has 0 saturated heterocycles. The second-order valence-electron chi connectivity index (χ2n) is 7.85. The van der Waals surface area contributed by atoms with E-state index in [1.807, 2.05) is 12.1 Å². The van der Waals surface area contributed by atoms with E-state index in [0.717, 1.165) is 5.52 Å². The first kappa shape index (κ1) is 17.7. The van der Waals surface area contributed by atoms with Gasteiger partial charge in [-0.25, -0.2) is 0 Å². The Balaban J connectivity index is 1.67. The summed E-state index contributed by atoms with van der Waals surface area (Å²) in [7, 11) is 0. The molecule has 1 radical (unpaired) electrons. The molecule has 1 heteroatoms. The summed E-state index contributed by atoms with van der Waals surface area (Å²) in [6, 6.07) is 43.8. The number of aromatic amines is 1. The highest BCUT2D eigenvalue weighted by Gasteiger charge is 2.13. The van der Waals surface area contributed by atoms with Crippen LogP contribution in [0.15, 0.2) is 115 Å². The number of fused-ring (bicyclic) bond motifs is 3. The van der Waals surface area contributed by atoms with E-state index in [2.05, 4.69) is 114 Å². The molecule has 0 aliphatic carbocycles. The molecular weight excluding hydrogens is 374 g/mol. The molecule has 1 aromatic heterocycles. The Kier molecular flexibility index (Phi) is 4.18. The third kappa shape index (κ3) is 3.12. The number of hydrogen-bond donors (Lipinski definition) is 1. The Morgan fingerprint density at radius 2 is 1.13 bits per heavy atom. The van der Waals surface area contributed by atoms with Crippen LogP contribution in [0.4, 0.5) is 0 Å². The highest BCUT2D eigenvalue weighted by Crippen LogP contribution is 2.38. The van der Waals surface area contributed by atoms with Crippen LogP contribution in [0, 0.1) is 6.07 Å². The predicted molar refractivity (Wildman–Crippen MR) is 131 cm³/mol. The van der Waals surface area contributed by atoms with Crippen molar-refractivity contribution in [3.8, 4) is 33.4 Å². The lowest BCUT2D eigenvalue weighted by Crippen LogP contribution is -1.84. The maximum absolute atomic E-state index is 3.69. The van der Waals surface area contributed by atoms with Gasteiger partial charge in [0.1, 0.15) is 0 Å². The van der Waals surface area contributed by atoms with E-state index in [1.165, 1.54) is 49.7 Å². The SMILES string of the molecule is [c]1ccc(-c2cc(-c3ccccc3)cc3c2[nH]c2ccc(-c4ccccc4)cc23)cc1. The van der Waals surface area contributed by atoms with Crippen molar-refractivity contribution in [1.82, 2.24) is 4.98 Å². The molecule has 1 nitrogen and oxygen atoms in total. The monoisotopic (exact) mass is 394 g/mol. The van der Waals surface area contributed by atoms with Crippen LogP contribution in [0.3, 0.4) is 0 Å². The molecule has 145 valence electrons. The summed E-state index contributed by atoms with van der Waals surface area (Å²) in [5.41, 5.74) is 9.64. The molecule has 6 rings (SSSR count). The fraction of sp³-hybridized carbons (Fsp3) is 0. The zero-order valence-corrected chi connectivity index (χ0v) is 17.0. The highest BCUT2D eigenvalue weighted by atomic mass is 14.7. The second-order valence-corrected chi connectivity index (χ2v) is 7.85. The summed E-state index contributed by atoms with van der Waals surface area (Å²) in [4.78, 5) is 3.69. The van der Waals surface area contributed by atoms with Gasteiger partial charge in [-0.05, 0) is 58.1 Å². The van der Waals surface area contributed by atoms with Gasteiger partial charge in [-0.1, -0.05) is 91.0 Å². The van der Waals surface area contributed by atoms with Gasteiger partial charge >= 0.3 is 0 Å². The average Bonchev–Trinajstić information content (AvgIpc) is 3.23. The zero-order valence-electron chi connectivity index (χ0n) is 17.0. The van der Waals surface area contributed by atoms with E-state index in [0.29, 0.717) is 0 Å². The first-order chi connectivity index (χ1) is 15.4. The lowest BCUT2D eigenvalue weighted by molar-refractivity contribution is 1.53. The van der Waals surface area contributed by atoms with Gasteiger partial charge in [0, 0.05) is 21.9 Å². The number of rotatable bonds is 3. The van der Waals surface area contributed by atoms with Gasteiger partial charge in [-0.2, -0.15) is 0 Å². The Morgan fingerprint density at radius 1 is 0.484 bits per heavy atom. The van der Waals surface area contributed by atoms with Gasteiger partial charge in [0.05, 0.1) is 5.52 Å². The fourth-order valence-corrected chi connectivity index (χ4v) is 4.40. The summed E-state index contributed by atoms with van der Waals surface area (Å²) in [5, 5.41) is 2.50. The molecule has 0 fully saturated rings. The molecule has 6 aromatic rings. The number of H-pyrrole nitrogens is 1. The van der Waals surface area contributed by atoms with Crippen molar-refractivity contribution in [2.75, 3.05) is 0 Å². The second kappa shape index (κ2) is 7.30. The number of nitrogens with one attached hydrogen (secondary N) is 1. The normalized spacial score (nSPS) is 11.2. The number of benzene rings is 5. The summed E-state index contributed by atoms with van der Waals surface area (Å²) >= 11 is 0. The van der Waals surface area contributed by atoms with E-state index in [9.17, 15) is 0 Å².